The van der Waals surface area contributed by atoms with Crippen LogP contribution < -0.4 is 0 Å². The first-order chi connectivity index (χ1) is 7.93. The number of alkyl halides is 3. The number of esters is 1. The average molecular weight is 246 g/mol. The number of rotatable bonds is 2. The minimum atomic E-state index is -4.36. The van der Waals surface area contributed by atoms with Gasteiger partial charge in [0.1, 0.15) is 6.10 Å². The van der Waals surface area contributed by atoms with Crippen molar-refractivity contribution in [3.05, 3.63) is 35.4 Å². The van der Waals surface area contributed by atoms with Gasteiger partial charge >= 0.3 is 12.1 Å². The van der Waals surface area contributed by atoms with Crippen LogP contribution in [0.15, 0.2) is 24.3 Å². The van der Waals surface area contributed by atoms with Gasteiger partial charge in [-0.1, -0.05) is 12.1 Å². The summed E-state index contributed by atoms with van der Waals surface area (Å²) in [6.07, 6.45) is -5.55. The summed E-state index contributed by atoms with van der Waals surface area (Å²) in [5, 5.41) is 0. The van der Waals surface area contributed by atoms with Crippen LogP contribution in [0.1, 0.15) is 17.2 Å². The number of epoxide rings is 1. The van der Waals surface area contributed by atoms with E-state index in [2.05, 4.69) is 4.74 Å². The zero-order valence-corrected chi connectivity index (χ0v) is 8.82. The van der Waals surface area contributed by atoms with Crippen LogP contribution >= 0.6 is 0 Å². The number of methoxy groups -OCH3 is 1. The first-order valence-corrected chi connectivity index (χ1v) is 4.84. The molecule has 0 radical (unpaired) electrons. The fourth-order valence-corrected chi connectivity index (χ4v) is 1.52. The van der Waals surface area contributed by atoms with Crippen molar-refractivity contribution in [1.29, 1.82) is 0 Å². The second-order valence-corrected chi connectivity index (χ2v) is 3.62. The van der Waals surface area contributed by atoms with E-state index in [-0.39, 0.29) is 0 Å². The van der Waals surface area contributed by atoms with E-state index in [0.29, 0.717) is 5.56 Å². The molecular weight excluding hydrogens is 237 g/mol. The number of hydrogen-bond donors (Lipinski definition) is 0. The Morgan fingerprint density at radius 1 is 1.29 bits per heavy atom. The van der Waals surface area contributed by atoms with Gasteiger partial charge in [-0.05, 0) is 17.7 Å². The first-order valence-electron chi connectivity index (χ1n) is 4.84. The van der Waals surface area contributed by atoms with E-state index < -0.39 is 29.9 Å². The summed E-state index contributed by atoms with van der Waals surface area (Å²) in [6.45, 7) is 0. The molecular formula is C11H9F3O3. The van der Waals surface area contributed by atoms with Crippen molar-refractivity contribution < 1.29 is 27.4 Å². The molecule has 0 bridgehead atoms. The van der Waals surface area contributed by atoms with Gasteiger partial charge in [0.05, 0.1) is 12.7 Å². The van der Waals surface area contributed by atoms with Gasteiger partial charge in [0.2, 0.25) is 0 Å². The fourth-order valence-electron chi connectivity index (χ4n) is 1.52. The Bertz CT molecular complexity index is 425. The third-order valence-corrected chi connectivity index (χ3v) is 2.49. The lowest BCUT2D eigenvalue weighted by atomic mass is 10.1. The molecule has 1 heterocycles. The summed E-state index contributed by atoms with van der Waals surface area (Å²) in [5.41, 5.74) is -0.190. The van der Waals surface area contributed by atoms with Crippen LogP contribution in [0.4, 0.5) is 13.2 Å². The van der Waals surface area contributed by atoms with Gasteiger partial charge in [0.15, 0.2) is 6.10 Å². The highest BCUT2D eigenvalue weighted by Crippen LogP contribution is 2.40. The van der Waals surface area contributed by atoms with Gasteiger partial charge in [-0.2, -0.15) is 13.2 Å². The normalized spacial score (nSPS) is 23.3. The molecule has 0 unspecified atom stereocenters. The van der Waals surface area contributed by atoms with E-state index in [1.54, 1.807) is 0 Å². The number of halogens is 3. The number of ether oxygens (including phenoxy) is 2. The van der Waals surface area contributed by atoms with Gasteiger partial charge in [-0.15, -0.1) is 0 Å². The molecule has 1 aromatic rings. The summed E-state index contributed by atoms with van der Waals surface area (Å²) in [7, 11) is 1.23. The van der Waals surface area contributed by atoms with Crippen molar-refractivity contribution in [1.82, 2.24) is 0 Å². The van der Waals surface area contributed by atoms with Gasteiger partial charge in [0.25, 0.3) is 0 Å². The lowest BCUT2D eigenvalue weighted by molar-refractivity contribution is -0.142. The molecule has 0 amide bonds. The summed E-state index contributed by atoms with van der Waals surface area (Å²) in [5.74, 6) is -0.519. The van der Waals surface area contributed by atoms with Crippen molar-refractivity contribution >= 4 is 5.97 Å². The molecule has 2 rings (SSSR count). The summed E-state index contributed by atoms with van der Waals surface area (Å²) >= 11 is 0. The molecule has 0 N–H and O–H groups in total. The molecule has 3 nitrogen and oxygen atoms in total. The van der Waals surface area contributed by atoms with Crippen molar-refractivity contribution in [3.63, 3.8) is 0 Å². The largest absolute Gasteiger partial charge is 0.467 e. The maximum absolute atomic E-state index is 12.3. The maximum atomic E-state index is 12.3. The number of carbonyl (C=O) groups is 1. The van der Waals surface area contributed by atoms with Gasteiger partial charge in [-0.25, -0.2) is 4.79 Å². The Hall–Kier alpha value is -1.56. The van der Waals surface area contributed by atoms with Crippen LogP contribution in [-0.2, 0) is 20.4 Å². The lowest BCUT2D eigenvalue weighted by Crippen LogP contribution is -2.09. The number of carbonyl (C=O) groups excluding carboxylic acids is 1. The Balaban J connectivity index is 2.08. The molecule has 2 atom stereocenters. The second-order valence-electron chi connectivity index (χ2n) is 3.62. The molecule has 1 aromatic carbocycles. The Morgan fingerprint density at radius 2 is 1.88 bits per heavy atom. The number of hydrogen-bond acceptors (Lipinski definition) is 3. The SMILES string of the molecule is COC(=O)[C@@H]1O[C@H]1c1ccc(C(F)(F)F)cc1. The van der Waals surface area contributed by atoms with E-state index in [1.807, 2.05) is 0 Å². The topological polar surface area (TPSA) is 38.8 Å². The summed E-state index contributed by atoms with van der Waals surface area (Å²) in [6, 6.07) is 4.53. The highest BCUT2D eigenvalue weighted by Gasteiger charge is 2.47. The standard InChI is InChI=1S/C11H9F3O3/c1-16-10(15)9-8(17-9)6-2-4-7(5-3-6)11(12,13)14/h2-5,8-9H,1H3/t8-,9+/m0/s1. The molecule has 1 aliphatic rings. The Labute approximate surface area is 95.1 Å². The van der Waals surface area contributed by atoms with Crippen molar-refractivity contribution in [3.8, 4) is 0 Å². The average Bonchev–Trinajstić information content (AvgIpc) is 3.07. The molecule has 17 heavy (non-hydrogen) atoms. The van der Waals surface area contributed by atoms with Crippen molar-refractivity contribution in [2.45, 2.75) is 18.4 Å². The molecule has 92 valence electrons. The second kappa shape index (κ2) is 4.03. The zero-order valence-electron chi connectivity index (χ0n) is 8.82. The third-order valence-electron chi connectivity index (χ3n) is 2.49. The molecule has 1 fully saturated rings. The van der Waals surface area contributed by atoms with Crippen LogP contribution in [0.2, 0.25) is 0 Å². The monoisotopic (exact) mass is 246 g/mol. The van der Waals surface area contributed by atoms with Crippen LogP contribution in [0, 0.1) is 0 Å². The minimum absolute atomic E-state index is 0.496. The molecule has 1 saturated heterocycles. The molecule has 0 saturated carbocycles. The van der Waals surface area contributed by atoms with Crippen LogP contribution in [0.25, 0.3) is 0 Å². The smallest absolute Gasteiger partial charge is 0.416 e. The number of benzene rings is 1. The maximum Gasteiger partial charge on any atom is 0.416 e. The van der Waals surface area contributed by atoms with Gasteiger partial charge in [-0.3, -0.25) is 0 Å². The fraction of sp³-hybridized carbons (Fsp3) is 0.364. The zero-order chi connectivity index (χ0) is 12.6. The predicted molar refractivity (Wildman–Crippen MR) is 51.1 cm³/mol. The van der Waals surface area contributed by atoms with E-state index in [4.69, 9.17) is 4.74 Å². The van der Waals surface area contributed by atoms with E-state index in [1.165, 1.54) is 19.2 Å². The van der Waals surface area contributed by atoms with Crippen LogP contribution in [-0.4, -0.2) is 19.2 Å². The molecule has 0 aliphatic carbocycles. The third kappa shape index (κ3) is 2.41. The van der Waals surface area contributed by atoms with E-state index in [0.717, 1.165) is 12.1 Å². The minimum Gasteiger partial charge on any atom is -0.467 e. The summed E-state index contributed by atoms with van der Waals surface area (Å²) < 4.78 is 46.4. The highest BCUT2D eigenvalue weighted by molar-refractivity contribution is 5.78. The lowest BCUT2D eigenvalue weighted by Gasteiger charge is -2.06. The van der Waals surface area contributed by atoms with Crippen LogP contribution in [0.3, 0.4) is 0 Å². The Morgan fingerprint density at radius 3 is 2.35 bits per heavy atom. The van der Waals surface area contributed by atoms with Crippen LogP contribution in [0.5, 0.6) is 0 Å². The quantitative estimate of drug-likeness (QED) is 0.593. The molecule has 1 aliphatic heterocycles. The van der Waals surface area contributed by atoms with Gasteiger partial charge in [0, 0.05) is 0 Å². The van der Waals surface area contributed by atoms with E-state index >= 15 is 0 Å². The summed E-state index contributed by atoms with van der Waals surface area (Å²) in [4.78, 5) is 11.1. The molecule has 0 spiro atoms. The first kappa shape index (κ1) is 11.9. The van der Waals surface area contributed by atoms with Gasteiger partial charge < -0.3 is 9.47 Å². The molecule has 0 aromatic heterocycles. The van der Waals surface area contributed by atoms with Crippen molar-refractivity contribution in [2.24, 2.45) is 0 Å². The molecule has 6 heteroatoms. The Kier molecular flexibility index (Phi) is 2.82. The van der Waals surface area contributed by atoms with Crippen molar-refractivity contribution in [2.75, 3.05) is 7.11 Å². The predicted octanol–water partition coefficient (Wildman–Crippen LogP) is 2.32. The highest BCUT2D eigenvalue weighted by atomic mass is 19.4. The van der Waals surface area contributed by atoms with E-state index in [9.17, 15) is 18.0 Å².